The monoisotopic (exact) mass is 289 g/mol. The molecule has 0 aromatic heterocycles. The van der Waals surface area contributed by atoms with Crippen molar-refractivity contribution in [1.82, 2.24) is 4.90 Å². The van der Waals surface area contributed by atoms with E-state index in [1.54, 1.807) is 0 Å². The van der Waals surface area contributed by atoms with E-state index in [9.17, 15) is 9.90 Å². The minimum atomic E-state index is -0.610. The lowest BCUT2D eigenvalue weighted by Crippen LogP contribution is -2.41. The lowest BCUT2D eigenvalue weighted by atomic mass is 9.80. The van der Waals surface area contributed by atoms with Gasteiger partial charge in [0.15, 0.2) is 0 Å². The average molecular weight is 289 g/mol. The van der Waals surface area contributed by atoms with Crippen molar-refractivity contribution in [3.05, 3.63) is 35.4 Å². The minimum absolute atomic E-state index is 0.548. The summed E-state index contributed by atoms with van der Waals surface area (Å²) in [4.78, 5) is 14.0. The first-order valence-electron chi connectivity index (χ1n) is 8.00. The molecule has 1 saturated carbocycles. The average Bonchev–Trinajstić information content (AvgIpc) is 2.68. The summed E-state index contributed by atoms with van der Waals surface area (Å²) in [7, 11) is 2.04. The maximum Gasteiger partial charge on any atom is 0.310 e. The normalized spacial score (nSPS) is 18.4. The molecule has 3 heteroatoms. The van der Waals surface area contributed by atoms with Gasteiger partial charge in [-0.25, -0.2) is 0 Å². The quantitative estimate of drug-likeness (QED) is 0.837. The molecule has 3 nitrogen and oxygen atoms in total. The van der Waals surface area contributed by atoms with Crippen LogP contribution in [0.5, 0.6) is 0 Å². The van der Waals surface area contributed by atoms with Crippen molar-refractivity contribution in [2.75, 3.05) is 13.6 Å². The predicted octanol–water partition coefficient (Wildman–Crippen LogP) is 3.85. The van der Waals surface area contributed by atoms with Crippen molar-refractivity contribution < 1.29 is 9.90 Å². The molecule has 0 unspecified atom stereocenters. The molecule has 0 spiro atoms. The molecule has 116 valence electrons. The Balaban J connectivity index is 2.06. The Morgan fingerprint density at radius 1 is 1.19 bits per heavy atom. The van der Waals surface area contributed by atoms with Crippen LogP contribution in [0.4, 0.5) is 0 Å². The Labute approximate surface area is 128 Å². The molecule has 0 radical (unpaired) electrons. The molecule has 0 heterocycles. The van der Waals surface area contributed by atoms with E-state index in [0.717, 1.165) is 32.2 Å². The topological polar surface area (TPSA) is 40.5 Å². The number of aliphatic carboxylic acids is 1. The first-order valence-corrected chi connectivity index (χ1v) is 8.00. The lowest BCUT2D eigenvalue weighted by Gasteiger charge is -2.33. The van der Waals surface area contributed by atoms with Crippen LogP contribution in [0.25, 0.3) is 0 Å². The fourth-order valence-electron chi connectivity index (χ4n) is 3.50. The Morgan fingerprint density at radius 3 is 2.38 bits per heavy atom. The Kier molecular flexibility index (Phi) is 5.40. The van der Waals surface area contributed by atoms with Gasteiger partial charge in [0, 0.05) is 13.1 Å². The van der Waals surface area contributed by atoms with Gasteiger partial charge >= 0.3 is 5.97 Å². The second kappa shape index (κ2) is 7.08. The Morgan fingerprint density at radius 2 is 1.81 bits per heavy atom. The number of benzene rings is 1. The molecule has 0 amide bonds. The maximum atomic E-state index is 11.9. The summed E-state index contributed by atoms with van der Waals surface area (Å²) in [6.07, 6.45) is 6.09. The molecular formula is C18H27NO2. The van der Waals surface area contributed by atoms with Crippen molar-refractivity contribution in [2.24, 2.45) is 5.41 Å². The summed E-state index contributed by atoms with van der Waals surface area (Å²) in [5.74, 6) is -0.610. The summed E-state index contributed by atoms with van der Waals surface area (Å²) in [5, 5.41) is 9.76. The number of carboxylic acids is 1. The summed E-state index contributed by atoms with van der Waals surface area (Å²) in [6, 6.07) is 8.34. The highest BCUT2D eigenvalue weighted by Crippen LogP contribution is 2.36. The molecule has 21 heavy (non-hydrogen) atoms. The molecule has 0 bridgehead atoms. The molecule has 0 atom stereocenters. The Bertz CT molecular complexity index is 476. The van der Waals surface area contributed by atoms with E-state index in [4.69, 9.17) is 0 Å². The smallest absolute Gasteiger partial charge is 0.310 e. The number of rotatable bonds is 5. The molecule has 1 N–H and O–H groups in total. The van der Waals surface area contributed by atoms with Crippen LogP contribution >= 0.6 is 0 Å². The number of carbonyl (C=O) groups is 1. The maximum absolute atomic E-state index is 11.9. The number of hydrogen-bond acceptors (Lipinski definition) is 2. The number of nitrogens with zero attached hydrogens (tertiary/aromatic N) is 1. The molecule has 2 rings (SSSR count). The van der Waals surface area contributed by atoms with Crippen molar-refractivity contribution in [3.63, 3.8) is 0 Å². The molecule has 1 aliphatic rings. The first-order chi connectivity index (χ1) is 10.0. The van der Waals surface area contributed by atoms with Gasteiger partial charge in [-0.1, -0.05) is 49.9 Å². The third-order valence-electron chi connectivity index (χ3n) is 4.79. The van der Waals surface area contributed by atoms with E-state index >= 15 is 0 Å². The van der Waals surface area contributed by atoms with E-state index in [1.165, 1.54) is 24.0 Å². The summed E-state index contributed by atoms with van der Waals surface area (Å²) in [5.41, 5.74) is 2.01. The highest BCUT2D eigenvalue weighted by molar-refractivity contribution is 5.75. The zero-order valence-electron chi connectivity index (χ0n) is 13.3. The third-order valence-corrected chi connectivity index (χ3v) is 4.79. The van der Waals surface area contributed by atoms with E-state index in [1.807, 2.05) is 13.1 Å². The van der Waals surface area contributed by atoms with Crippen molar-refractivity contribution in [3.8, 4) is 0 Å². The van der Waals surface area contributed by atoms with Crippen molar-refractivity contribution in [1.29, 1.82) is 0 Å². The van der Waals surface area contributed by atoms with Crippen molar-refractivity contribution in [2.45, 2.75) is 52.0 Å². The van der Waals surface area contributed by atoms with Gasteiger partial charge in [-0.05, 0) is 37.9 Å². The van der Waals surface area contributed by atoms with Gasteiger partial charge < -0.3 is 10.0 Å². The molecule has 0 saturated heterocycles. The van der Waals surface area contributed by atoms with Gasteiger partial charge in [0.25, 0.3) is 0 Å². The van der Waals surface area contributed by atoms with E-state index in [0.29, 0.717) is 6.54 Å². The summed E-state index contributed by atoms with van der Waals surface area (Å²) < 4.78 is 0. The van der Waals surface area contributed by atoms with Gasteiger partial charge in [0.05, 0.1) is 5.41 Å². The van der Waals surface area contributed by atoms with Crippen molar-refractivity contribution >= 4 is 5.97 Å². The van der Waals surface area contributed by atoms with E-state index < -0.39 is 11.4 Å². The SMILES string of the molecule is Cc1ccccc1CN(C)CC1(C(=O)O)CCCCCC1. The second-order valence-electron chi connectivity index (χ2n) is 6.60. The van der Waals surface area contributed by atoms with Crippen LogP contribution in [-0.4, -0.2) is 29.6 Å². The molecule has 0 aliphatic heterocycles. The zero-order valence-corrected chi connectivity index (χ0v) is 13.3. The molecular weight excluding hydrogens is 262 g/mol. The predicted molar refractivity (Wildman–Crippen MR) is 85.3 cm³/mol. The standard InChI is InChI=1S/C18H27NO2/c1-15-9-5-6-10-16(15)13-19(2)14-18(17(20)21)11-7-3-4-8-12-18/h5-6,9-10H,3-4,7-8,11-14H2,1-2H3,(H,20,21). The van der Waals surface area contributed by atoms with Gasteiger partial charge in [-0.2, -0.15) is 0 Å². The second-order valence-corrected chi connectivity index (χ2v) is 6.60. The minimum Gasteiger partial charge on any atom is -0.481 e. The summed E-state index contributed by atoms with van der Waals surface area (Å²) in [6.45, 7) is 3.58. The fourth-order valence-corrected chi connectivity index (χ4v) is 3.50. The number of carboxylic acid groups (broad SMARTS) is 1. The summed E-state index contributed by atoms with van der Waals surface area (Å²) >= 11 is 0. The van der Waals surface area contributed by atoms with Crippen LogP contribution in [-0.2, 0) is 11.3 Å². The van der Waals surface area contributed by atoms with Gasteiger partial charge in [0.2, 0.25) is 0 Å². The number of aryl methyl sites for hydroxylation is 1. The molecule has 1 aromatic rings. The van der Waals surface area contributed by atoms with Crippen LogP contribution in [0.15, 0.2) is 24.3 Å². The van der Waals surface area contributed by atoms with Gasteiger partial charge in [0.1, 0.15) is 0 Å². The molecule has 1 fully saturated rings. The lowest BCUT2D eigenvalue weighted by molar-refractivity contribution is -0.151. The fraction of sp³-hybridized carbons (Fsp3) is 0.611. The van der Waals surface area contributed by atoms with Crippen LogP contribution < -0.4 is 0 Å². The molecule has 1 aliphatic carbocycles. The van der Waals surface area contributed by atoms with Gasteiger partial charge in [-0.15, -0.1) is 0 Å². The molecule has 1 aromatic carbocycles. The first kappa shape index (κ1) is 16.0. The zero-order chi connectivity index (χ0) is 15.3. The van der Waals surface area contributed by atoms with Gasteiger partial charge in [-0.3, -0.25) is 4.79 Å². The van der Waals surface area contributed by atoms with E-state index in [2.05, 4.69) is 30.0 Å². The van der Waals surface area contributed by atoms with Crippen LogP contribution in [0.2, 0.25) is 0 Å². The Hall–Kier alpha value is -1.35. The van der Waals surface area contributed by atoms with Crippen LogP contribution in [0.3, 0.4) is 0 Å². The van der Waals surface area contributed by atoms with Crippen LogP contribution in [0, 0.1) is 12.3 Å². The third kappa shape index (κ3) is 4.07. The number of hydrogen-bond donors (Lipinski definition) is 1. The van der Waals surface area contributed by atoms with Crippen LogP contribution in [0.1, 0.15) is 49.7 Å². The highest BCUT2D eigenvalue weighted by Gasteiger charge is 2.39. The van der Waals surface area contributed by atoms with E-state index in [-0.39, 0.29) is 0 Å². The largest absolute Gasteiger partial charge is 0.481 e. The highest BCUT2D eigenvalue weighted by atomic mass is 16.4.